The van der Waals surface area contributed by atoms with E-state index in [2.05, 4.69) is 22.0 Å². The molecule has 3 nitrogen and oxygen atoms in total. The summed E-state index contributed by atoms with van der Waals surface area (Å²) in [6.45, 7) is 0. The quantitative estimate of drug-likeness (QED) is 0.893. The summed E-state index contributed by atoms with van der Waals surface area (Å²) >= 11 is 3.59. The zero-order chi connectivity index (χ0) is 13.1. The van der Waals surface area contributed by atoms with Gasteiger partial charge in [0.1, 0.15) is 0 Å². The van der Waals surface area contributed by atoms with Crippen molar-refractivity contribution in [1.29, 1.82) is 0 Å². The van der Waals surface area contributed by atoms with Gasteiger partial charge in [0.15, 0.2) is 0 Å². The summed E-state index contributed by atoms with van der Waals surface area (Å²) in [5, 5.41) is 8.75. The summed E-state index contributed by atoms with van der Waals surface area (Å²) in [4.78, 5) is 10.7. The zero-order valence-corrected chi connectivity index (χ0v) is 11.8. The number of nitrogens with two attached hydrogens (primary N) is 1. The number of carbonyl (C=O) groups is 1. The number of rotatable bonds is 4. The molecule has 1 aromatic carbocycles. The SMILES string of the molecule is NC(CC(=O)O)c1ccc(C2CCCC2)c(Br)c1. The number of carboxylic acid groups (broad SMARTS) is 1. The van der Waals surface area contributed by atoms with Gasteiger partial charge in [-0.15, -0.1) is 0 Å². The Morgan fingerprint density at radius 1 is 1.44 bits per heavy atom. The van der Waals surface area contributed by atoms with Gasteiger partial charge < -0.3 is 10.8 Å². The lowest BCUT2D eigenvalue weighted by atomic mass is 9.95. The van der Waals surface area contributed by atoms with E-state index in [-0.39, 0.29) is 6.42 Å². The van der Waals surface area contributed by atoms with Crippen LogP contribution in [0, 0.1) is 0 Å². The van der Waals surface area contributed by atoms with E-state index in [0.717, 1.165) is 10.0 Å². The Kier molecular flexibility index (Phi) is 4.40. The highest BCUT2D eigenvalue weighted by molar-refractivity contribution is 9.10. The van der Waals surface area contributed by atoms with Crippen LogP contribution in [0.2, 0.25) is 0 Å². The Balaban J connectivity index is 2.16. The molecule has 2 rings (SSSR count). The molecule has 4 heteroatoms. The van der Waals surface area contributed by atoms with Crippen molar-refractivity contribution < 1.29 is 9.90 Å². The van der Waals surface area contributed by atoms with Crippen LogP contribution in [0.15, 0.2) is 22.7 Å². The smallest absolute Gasteiger partial charge is 0.305 e. The molecule has 1 saturated carbocycles. The molecule has 18 heavy (non-hydrogen) atoms. The molecule has 1 atom stereocenters. The van der Waals surface area contributed by atoms with Gasteiger partial charge in [-0.1, -0.05) is 40.9 Å². The first-order chi connectivity index (χ1) is 8.58. The monoisotopic (exact) mass is 311 g/mol. The maximum atomic E-state index is 10.7. The molecule has 0 bridgehead atoms. The first-order valence-electron chi connectivity index (χ1n) is 6.34. The number of aliphatic carboxylic acids is 1. The second kappa shape index (κ2) is 5.85. The summed E-state index contributed by atoms with van der Waals surface area (Å²) in [5.41, 5.74) is 8.08. The van der Waals surface area contributed by atoms with Crippen LogP contribution in [0.1, 0.15) is 55.2 Å². The van der Waals surface area contributed by atoms with Crippen LogP contribution >= 0.6 is 15.9 Å². The van der Waals surface area contributed by atoms with Crippen molar-refractivity contribution in [2.75, 3.05) is 0 Å². The maximum Gasteiger partial charge on any atom is 0.305 e. The van der Waals surface area contributed by atoms with Crippen molar-refractivity contribution in [2.45, 2.75) is 44.1 Å². The van der Waals surface area contributed by atoms with Gasteiger partial charge in [-0.25, -0.2) is 0 Å². The Hall–Kier alpha value is -0.870. The number of hydrogen-bond acceptors (Lipinski definition) is 2. The lowest BCUT2D eigenvalue weighted by molar-refractivity contribution is -0.137. The average Bonchev–Trinajstić information content (AvgIpc) is 2.81. The van der Waals surface area contributed by atoms with Crippen LogP contribution in [-0.4, -0.2) is 11.1 Å². The van der Waals surface area contributed by atoms with Crippen molar-refractivity contribution in [1.82, 2.24) is 0 Å². The van der Waals surface area contributed by atoms with Crippen LogP contribution in [0.25, 0.3) is 0 Å². The number of halogens is 1. The maximum absolute atomic E-state index is 10.7. The van der Waals surface area contributed by atoms with E-state index in [1.165, 1.54) is 31.2 Å². The van der Waals surface area contributed by atoms with Gasteiger partial charge in [-0.3, -0.25) is 4.79 Å². The first kappa shape index (κ1) is 13.6. The highest BCUT2D eigenvalue weighted by Crippen LogP contribution is 2.38. The molecule has 0 amide bonds. The highest BCUT2D eigenvalue weighted by Gasteiger charge is 2.20. The predicted molar refractivity (Wildman–Crippen MR) is 74.5 cm³/mol. The first-order valence-corrected chi connectivity index (χ1v) is 7.14. The predicted octanol–water partition coefficient (Wildman–Crippen LogP) is 3.58. The average molecular weight is 312 g/mol. The lowest BCUT2D eigenvalue weighted by Gasteiger charge is -2.15. The number of hydrogen-bond donors (Lipinski definition) is 2. The van der Waals surface area contributed by atoms with E-state index in [9.17, 15) is 4.79 Å². The minimum atomic E-state index is -0.863. The van der Waals surface area contributed by atoms with Gasteiger partial charge in [0.2, 0.25) is 0 Å². The minimum absolute atomic E-state index is 0.0325. The molecule has 0 aromatic heterocycles. The molecule has 0 radical (unpaired) electrons. The van der Waals surface area contributed by atoms with E-state index in [1.54, 1.807) is 0 Å². The Morgan fingerprint density at radius 2 is 2.11 bits per heavy atom. The normalized spacial score (nSPS) is 17.9. The third-order valence-electron chi connectivity index (χ3n) is 3.64. The molecular weight excluding hydrogens is 294 g/mol. The van der Waals surface area contributed by atoms with Crippen molar-refractivity contribution in [2.24, 2.45) is 5.73 Å². The fourth-order valence-corrected chi connectivity index (χ4v) is 3.37. The van der Waals surface area contributed by atoms with Crippen molar-refractivity contribution in [3.8, 4) is 0 Å². The fraction of sp³-hybridized carbons (Fsp3) is 0.500. The molecule has 1 aliphatic rings. The zero-order valence-electron chi connectivity index (χ0n) is 10.2. The minimum Gasteiger partial charge on any atom is -0.481 e. The van der Waals surface area contributed by atoms with Crippen molar-refractivity contribution >= 4 is 21.9 Å². The van der Waals surface area contributed by atoms with Crippen LogP contribution in [0.3, 0.4) is 0 Å². The largest absolute Gasteiger partial charge is 0.481 e. The van der Waals surface area contributed by atoms with Crippen LogP contribution in [-0.2, 0) is 4.79 Å². The summed E-state index contributed by atoms with van der Waals surface area (Å²) < 4.78 is 1.06. The second-order valence-electron chi connectivity index (χ2n) is 4.97. The van der Waals surface area contributed by atoms with Gasteiger partial charge in [-0.05, 0) is 36.0 Å². The van der Waals surface area contributed by atoms with Crippen molar-refractivity contribution in [3.63, 3.8) is 0 Å². The third-order valence-corrected chi connectivity index (χ3v) is 4.33. The van der Waals surface area contributed by atoms with Crippen LogP contribution < -0.4 is 5.73 Å². The molecule has 0 heterocycles. The topological polar surface area (TPSA) is 63.3 Å². The van der Waals surface area contributed by atoms with Crippen LogP contribution in [0.4, 0.5) is 0 Å². The van der Waals surface area contributed by atoms with Gasteiger partial charge >= 0.3 is 5.97 Å². The van der Waals surface area contributed by atoms with E-state index >= 15 is 0 Å². The van der Waals surface area contributed by atoms with Gasteiger partial charge in [0, 0.05) is 10.5 Å². The summed E-state index contributed by atoms with van der Waals surface area (Å²) in [6, 6.07) is 5.60. The van der Waals surface area contributed by atoms with E-state index in [4.69, 9.17) is 10.8 Å². The number of benzene rings is 1. The standard InChI is InChI=1S/C14H18BrNO2/c15-12-7-10(13(16)8-14(17)18)5-6-11(12)9-3-1-2-4-9/h5-7,9,13H,1-4,8,16H2,(H,17,18). The molecule has 1 aromatic rings. The molecule has 0 spiro atoms. The molecule has 0 saturated heterocycles. The molecular formula is C14H18BrNO2. The van der Waals surface area contributed by atoms with Crippen molar-refractivity contribution in [3.05, 3.63) is 33.8 Å². The highest BCUT2D eigenvalue weighted by atomic mass is 79.9. The molecule has 0 aliphatic heterocycles. The summed E-state index contributed by atoms with van der Waals surface area (Å²) in [5.74, 6) is -0.220. The van der Waals surface area contributed by atoms with Gasteiger partial charge in [0.25, 0.3) is 0 Å². The van der Waals surface area contributed by atoms with E-state index in [1.807, 2.05) is 12.1 Å². The Bertz CT molecular complexity index is 441. The number of carboxylic acids is 1. The van der Waals surface area contributed by atoms with Gasteiger partial charge in [0.05, 0.1) is 6.42 Å². The molecule has 1 unspecified atom stereocenters. The molecule has 98 valence electrons. The summed E-state index contributed by atoms with van der Waals surface area (Å²) in [6.07, 6.45) is 5.07. The third kappa shape index (κ3) is 3.12. The summed E-state index contributed by atoms with van der Waals surface area (Å²) in [7, 11) is 0. The van der Waals surface area contributed by atoms with Gasteiger partial charge in [-0.2, -0.15) is 0 Å². The molecule has 1 aliphatic carbocycles. The fourth-order valence-electron chi connectivity index (χ4n) is 2.65. The molecule has 3 N–H and O–H groups in total. The van der Waals surface area contributed by atoms with Crippen LogP contribution in [0.5, 0.6) is 0 Å². The van der Waals surface area contributed by atoms with E-state index < -0.39 is 12.0 Å². The van der Waals surface area contributed by atoms with E-state index in [0.29, 0.717) is 5.92 Å². The second-order valence-corrected chi connectivity index (χ2v) is 5.82. The Labute approximate surface area is 116 Å². The Morgan fingerprint density at radius 3 is 2.67 bits per heavy atom. The molecule has 1 fully saturated rings. The lowest BCUT2D eigenvalue weighted by Crippen LogP contribution is -2.15.